The number of likely N-dealkylation sites (tertiary alicyclic amines) is 1. The molecule has 1 unspecified atom stereocenters. The van der Waals surface area contributed by atoms with Crippen molar-refractivity contribution < 1.29 is 27.9 Å². The Morgan fingerprint density at radius 1 is 1.13 bits per heavy atom. The maximum absolute atomic E-state index is 13.6. The highest BCUT2D eigenvalue weighted by Gasteiger charge is 2.38. The van der Waals surface area contributed by atoms with Crippen LogP contribution >= 0.6 is 11.6 Å². The van der Waals surface area contributed by atoms with Crippen LogP contribution in [0, 0.1) is 5.41 Å². The van der Waals surface area contributed by atoms with Crippen molar-refractivity contribution in [3.63, 3.8) is 0 Å². The van der Waals surface area contributed by atoms with Crippen LogP contribution in [-0.2, 0) is 27.9 Å². The number of aromatic nitrogens is 3. The van der Waals surface area contributed by atoms with Crippen LogP contribution in [0.4, 0.5) is 10.6 Å². The Hall–Kier alpha value is -4.12. The van der Waals surface area contributed by atoms with Crippen LogP contribution in [0.15, 0.2) is 41.3 Å². The number of pyridine rings is 1. The minimum Gasteiger partial charge on any atom is -0.376 e. The van der Waals surface area contributed by atoms with Crippen molar-refractivity contribution in [2.75, 3.05) is 37.0 Å². The molecule has 2 aliphatic heterocycles. The standard InChI is InChI=1S/C28H33ClN8O7S/c1-17(38)33-45(43,44)16-34-8-9-36(27(34)42)22-12-30-24-21(32-22)10-20(25(40)31-11-18-4-6-19(29)7-5-18)26(41)37(24)13-23(39)35-14-28(2,3)15-35/h4-7,10,12,23,39H,8-9,11,13-16H2,1-3H3,(H,31,40)(H,33,38). The highest BCUT2D eigenvalue weighted by molar-refractivity contribution is 7.90. The molecule has 0 radical (unpaired) electrons. The van der Waals surface area contributed by atoms with Crippen molar-refractivity contribution in [2.45, 2.75) is 40.1 Å². The molecule has 5 rings (SSSR count). The summed E-state index contributed by atoms with van der Waals surface area (Å²) < 4.78 is 27.4. The lowest BCUT2D eigenvalue weighted by molar-refractivity contribution is -0.117. The SMILES string of the molecule is CC(=O)NS(=O)(=O)CN1CCN(c2cnc3c(cc(C(=O)NCc4ccc(Cl)cc4)c(=O)n3CC(O)N3CC(C)(C)C3)n2)C1=O. The molecular formula is C28H33ClN8O7S. The summed E-state index contributed by atoms with van der Waals surface area (Å²) in [5, 5.41) is 14.2. The van der Waals surface area contributed by atoms with E-state index in [0.717, 1.165) is 17.4 Å². The van der Waals surface area contributed by atoms with Crippen molar-refractivity contribution in [1.29, 1.82) is 0 Å². The Kier molecular flexibility index (Phi) is 8.86. The van der Waals surface area contributed by atoms with Crippen LogP contribution in [0.25, 0.3) is 11.2 Å². The van der Waals surface area contributed by atoms with E-state index in [4.69, 9.17) is 11.6 Å². The molecule has 17 heteroatoms. The van der Waals surface area contributed by atoms with Crippen molar-refractivity contribution in [3.05, 3.63) is 63.0 Å². The lowest BCUT2D eigenvalue weighted by Gasteiger charge is -2.48. The molecule has 0 aliphatic carbocycles. The van der Waals surface area contributed by atoms with Crippen LogP contribution in [0.2, 0.25) is 5.02 Å². The summed E-state index contributed by atoms with van der Waals surface area (Å²) in [5.74, 6) is -2.12. The van der Waals surface area contributed by atoms with Gasteiger partial charge in [0, 0.05) is 44.7 Å². The minimum absolute atomic E-state index is 0.0176. The molecule has 4 heterocycles. The van der Waals surface area contributed by atoms with E-state index in [2.05, 4.69) is 29.1 Å². The molecule has 240 valence electrons. The number of aliphatic hydroxyl groups excluding tert-OH is 1. The van der Waals surface area contributed by atoms with Crippen molar-refractivity contribution >= 4 is 56.5 Å². The fourth-order valence-corrected chi connectivity index (χ4v) is 6.67. The fraction of sp³-hybridized carbons (Fsp3) is 0.429. The third-order valence-corrected chi connectivity index (χ3v) is 8.92. The number of nitrogens with zero attached hydrogens (tertiary/aromatic N) is 6. The second kappa shape index (κ2) is 12.3. The van der Waals surface area contributed by atoms with Gasteiger partial charge in [0.2, 0.25) is 5.91 Å². The van der Waals surface area contributed by atoms with Crippen molar-refractivity contribution in [3.8, 4) is 0 Å². The van der Waals surface area contributed by atoms with Gasteiger partial charge in [-0.3, -0.25) is 33.5 Å². The lowest BCUT2D eigenvalue weighted by Crippen LogP contribution is -2.58. The van der Waals surface area contributed by atoms with Crippen LogP contribution in [-0.4, -0.2) is 94.0 Å². The number of hydrogen-bond acceptors (Lipinski definition) is 10. The number of rotatable bonds is 10. The number of nitrogens with one attached hydrogen (secondary N) is 2. The van der Waals surface area contributed by atoms with Gasteiger partial charge in [-0.2, -0.15) is 0 Å². The van der Waals surface area contributed by atoms with Gasteiger partial charge in [0.05, 0.1) is 12.7 Å². The Balaban J connectivity index is 1.46. The van der Waals surface area contributed by atoms with E-state index in [-0.39, 0.29) is 54.1 Å². The number of carbonyl (C=O) groups is 3. The predicted octanol–water partition coefficient (Wildman–Crippen LogP) is 0.701. The smallest absolute Gasteiger partial charge is 0.326 e. The summed E-state index contributed by atoms with van der Waals surface area (Å²) in [6.45, 7) is 6.44. The summed E-state index contributed by atoms with van der Waals surface area (Å²) in [4.78, 5) is 64.2. The number of aliphatic hydroxyl groups is 1. The third kappa shape index (κ3) is 7.24. The van der Waals surface area contributed by atoms with E-state index in [1.807, 2.05) is 4.72 Å². The molecule has 1 atom stereocenters. The van der Waals surface area contributed by atoms with Gasteiger partial charge >= 0.3 is 6.03 Å². The summed E-state index contributed by atoms with van der Waals surface area (Å²) in [7, 11) is -4.09. The molecule has 3 aromatic rings. The first kappa shape index (κ1) is 32.3. The molecule has 0 saturated carbocycles. The second-order valence-electron chi connectivity index (χ2n) is 11.9. The first-order chi connectivity index (χ1) is 21.1. The molecule has 2 saturated heterocycles. The van der Waals surface area contributed by atoms with Gasteiger partial charge in [-0.05, 0) is 29.2 Å². The number of fused-ring (bicyclic) bond motifs is 1. The number of anilines is 1. The van der Waals surface area contributed by atoms with E-state index in [1.54, 1.807) is 29.2 Å². The highest BCUT2D eigenvalue weighted by atomic mass is 35.5. The Morgan fingerprint density at radius 2 is 1.82 bits per heavy atom. The van der Waals surface area contributed by atoms with Crippen molar-refractivity contribution in [1.82, 2.24) is 34.4 Å². The summed E-state index contributed by atoms with van der Waals surface area (Å²) in [5.41, 5.74) is 0.0531. The Labute approximate surface area is 263 Å². The first-order valence-electron chi connectivity index (χ1n) is 14.1. The average molecular weight is 661 g/mol. The molecule has 3 N–H and O–H groups in total. The minimum atomic E-state index is -4.09. The summed E-state index contributed by atoms with van der Waals surface area (Å²) in [6, 6.07) is 7.43. The predicted molar refractivity (Wildman–Crippen MR) is 165 cm³/mol. The van der Waals surface area contributed by atoms with Gasteiger partial charge in [0.25, 0.3) is 21.5 Å². The van der Waals surface area contributed by atoms with Gasteiger partial charge in [-0.25, -0.2) is 23.2 Å². The van der Waals surface area contributed by atoms with E-state index >= 15 is 0 Å². The molecule has 2 aliphatic rings. The largest absolute Gasteiger partial charge is 0.376 e. The van der Waals surface area contributed by atoms with Crippen LogP contribution < -0.4 is 20.5 Å². The number of sulfonamides is 1. The summed E-state index contributed by atoms with van der Waals surface area (Å²) in [6.07, 6.45) is 0.230. The molecule has 0 bridgehead atoms. The summed E-state index contributed by atoms with van der Waals surface area (Å²) >= 11 is 5.94. The molecule has 1 aromatic carbocycles. The van der Waals surface area contributed by atoms with Crippen LogP contribution in [0.5, 0.6) is 0 Å². The number of carbonyl (C=O) groups excluding carboxylic acids is 3. The Morgan fingerprint density at radius 3 is 2.47 bits per heavy atom. The normalized spacial score (nSPS) is 17.3. The number of benzene rings is 1. The van der Waals surface area contributed by atoms with Crippen molar-refractivity contribution in [2.24, 2.45) is 5.41 Å². The highest BCUT2D eigenvalue weighted by Crippen LogP contribution is 2.30. The van der Waals surface area contributed by atoms with E-state index in [0.29, 0.717) is 18.1 Å². The monoisotopic (exact) mass is 660 g/mol. The number of amides is 4. The lowest BCUT2D eigenvalue weighted by atomic mass is 9.84. The number of halogens is 1. The first-order valence-corrected chi connectivity index (χ1v) is 16.1. The number of hydrogen-bond donors (Lipinski definition) is 3. The zero-order valence-electron chi connectivity index (χ0n) is 24.9. The molecule has 2 fully saturated rings. The molecule has 15 nitrogen and oxygen atoms in total. The average Bonchev–Trinajstić information content (AvgIpc) is 3.30. The fourth-order valence-electron chi connectivity index (χ4n) is 5.39. The van der Waals surface area contributed by atoms with E-state index < -0.39 is 45.5 Å². The van der Waals surface area contributed by atoms with Crippen LogP contribution in [0.1, 0.15) is 36.7 Å². The second-order valence-corrected chi connectivity index (χ2v) is 14.0. The van der Waals surface area contributed by atoms with Gasteiger partial charge < -0.3 is 15.3 Å². The molecule has 0 spiro atoms. The molecule has 4 amide bonds. The van der Waals surface area contributed by atoms with E-state index in [1.165, 1.54) is 21.7 Å². The topological polar surface area (TPSA) is 187 Å². The Bertz CT molecular complexity index is 1820. The van der Waals surface area contributed by atoms with Gasteiger partial charge in [-0.15, -0.1) is 0 Å². The van der Waals surface area contributed by atoms with E-state index in [9.17, 15) is 32.7 Å². The maximum atomic E-state index is 13.6. The zero-order valence-corrected chi connectivity index (χ0v) is 26.4. The maximum Gasteiger partial charge on any atom is 0.326 e. The third-order valence-electron chi connectivity index (χ3n) is 7.42. The molecule has 45 heavy (non-hydrogen) atoms. The van der Waals surface area contributed by atoms with Crippen LogP contribution in [0.3, 0.4) is 0 Å². The zero-order chi connectivity index (χ0) is 32.7. The van der Waals surface area contributed by atoms with Gasteiger partial charge in [0.15, 0.2) is 11.5 Å². The molecular weight excluding hydrogens is 628 g/mol. The quantitative estimate of drug-likeness (QED) is 0.279. The van der Waals surface area contributed by atoms with Gasteiger partial charge in [-0.1, -0.05) is 37.6 Å². The number of urea groups is 1. The molecule has 2 aromatic heterocycles. The van der Waals surface area contributed by atoms with Gasteiger partial charge in [0.1, 0.15) is 23.2 Å².